The van der Waals surface area contributed by atoms with Gasteiger partial charge in [-0.1, -0.05) is 43.7 Å². The van der Waals surface area contributed by atoms with Gasteiger partial charge in [0.1, 0.15) is 5.75 Å². The van der Waals surface area contributed by atoms with Gasteiger partial charge in [0.2, 0.25) is 0 Å². The molecule has 5 heteroatoms. The monoisotopic (exact) mass is 374 g/mol. The van der Waals surface area contributed by atoms with E-state index < -0.39 is 0 Å². The highest BCUT2D eigenvalue weighted by Crippen LogP contribution is 2.25. The largest absolute Gasteiger partial charge is 0.496 e. The minimum atomic E-state index is -0.252. The van der Waals surface area contributed by atoms with Crippen molar-refractivity contribution in [3.63, 3.8) is 0 Å². The van der Waals surface area contributed by atoms with Gasteiger partial charge in [0.15, 0.2) is 0 Å². The lowest BCUT2D eigenvalue weighted by Crippen LogP contribution is -2.20. The maximum absolute atomic E-state index is 12.3. The summed E-state index contributed by atoms with van der Waals surface area (Å²) in [6.45, 7) is 2.08. The number of rotatable bonds is 6. The molecule has 0 spiro atoms. The Kier molecular flexibility index (Phi) is 6.35. The number of ether oxygens (including phenoxy) is 1. The summed E-state index contributed by atoms with van der Waals surface area (Å²) in [5.41, 5.74) is 5.04. The molecule has 0 radical (unpaired) electrons. The third-order valence-electron chi connectivity index (χ3n) is 3.30. The van der Waals surface area contributed by atoms with Crippen molar-refractivity contribution in [2.24, 2.45) is 5.10 Å². The van der Waals surface area contributed by atoms with Gasteiger partial charge in [-0.15, -0.1) is 0 Å². The standard InChI is InChI=1S/C18H19BrN2O2/c1-3-7-16(13-8-5-4-6-9-13)20-21-18(22)14-10-11-17(23-2)15(19)12-14/h4-6,8-12H,3,7H2,1-2H3,(H,21,22)/b20-16+. The molecule has 4 nitrogen and oxygen atoms in total. The molecule has 0 unspecified atom stereocenters. The Hall–Kier alpha value is -2.14. The lowest BCUT2D eigenvalue weighted by molar-refractivity contribution is 0.0954. The molecule has 23 heavy (non-hydrogen) atoms. The molecule has 0 saturated carbocycles. The summed E-state index contributed by atoms with van der Waals surface area (Å²) in [6.07, 6.45) is 1.76. The minimum Gasteiger partial charge on any atom is -0.496 e. The fraction of sp³-hybridized carbons (Fsp3) is 0.222. The average molecular weight is 375 g/mol. The molecule has 1 N–H and O–H groups in total. The first-order valence-corrected chi connectivity index (χ1v) is 8.21. The number of nitrogens with zero attached hydrogens (tertiary/aromatic N) is 1. The second-order valence-electron chi connectivity index (χ2n) is 4.96. The second-order valence-corrected chi connectivity index (χ2v) is 5.82. The van der Waals surface area contributed by atoms with E-state index >= 15 is 0 Å². The zero-order chi connectivity index (χ0) is 16.7. The van der Waals surface area contributed by atoms with Crippen LogP contribution in [0.25, 0.3) is 0 Å². The van der Waals surface area contributed by atoms with E-state index in [4.69, 9.17) is 4.74 Å². The zero-order valence-corrected chi connectivity index (χ0v) is 14.8. The van der Waals surface area contributed by atoms with Gasteiger partial charge in [0.05, 0.1) is 17.3 Å². The summed E-state index contributed by atoms with van der Waals surface area (Å²) < 4.78 is 5.89. The van der Waals surface area contributed by atoms with Crippen LogP contribution in [0.2, 0.25) is 0 Å². The molecule has 0 aliphatic rings. The van der Waals surface area contributed by atoms with E-state index in [0.717, 1.165) is 28.6 Å². The van der Waals surface area contributed by atoms with Crippen LogP contribution in [0.15, 0.2) is 58.1 Å². The summed E-state index contributed by atoms with van der Waals surface area (Å²) in [5, 5.41) is 4.30. The smallest absolute Gasteiger partial charge is 0.271 e. The van der Waals surface area contributed by atoms with Crippen molar-refractivity contribution >= 4 is 27.5 Å². The third kappa shape index (κ3) is 4.66. The SMILES string of the molecule is CCC/C(=N\NC(=O)c1ccc(OC)c(Br)c1)c1ccccc1. The molecular formula is C18H19BrN2O2. The van der Waals surface area contributed by atoms with Crippen molar-refractivity contribution in [3.8, 4) is 5.75 Å². The predicted molar refractivity (Wildman–Crippen MR) is 96.0 cm³/mol. The number of carbonyl (C=O) groups excluding carboxylic acids is 1. The molecule has 2 aromatic carbocycles. The summed E-state index contributed by atoms with van der Waals surface area (Å²) in [6, 6.07) is 15.0. The Balaban J connectivity index is 2.16. The van der Waals surface area contributed by atoms with Crippen LogP contribution in [0.4, 0.5) is 0 Å². The molecule has 0 bridgehead atoms. The molecule has 1 amide bonds. The topological polar surface area (TPSA) is 50.7 Å². The Morgan fingerprint density at radius 3 is 2.52 bits per heavy atom. The number of methoxy groups -OCH3 is 1. The fourth-order valence-electron chi connectivity index (χ4n) is 2.12. The first-order chi connectivity index (χ1) is 11.2. The number of carbonyl (C=O) groups is 1. The van der Waals surface area contributed by atoms with E-state index in [9.17, 15) is 4.79 Å². The summed E-state index contributed by atoms with van der Waals surface area (Å²) in [7, 11) is 1.58. The van der Waals surface area contributed by atoms with Gasteiger partial charge < -0.3 is 4.74 Å². The Labute approximate surface area is 144 Å². The zero-order valence-electron chi connectivity index (χ0n) is 13.2. The van der Waals surface area contributed by atoms with Gasteiger partial charge in [-0.25, -0.2) is 5.43 Å². The van der Waals surface area contributed by atoms with Gasteiger partial charge in [-0.3, -0.25) is 4.79 Å². The Morgan fingerprint density at radius 2 is 1.91 bits per heavy atom. The summed E-state index contributed by atoms with van der Waals surface area (Å²) >= 11 is 3.38. The number of hydrogen-bond acceptors (Lipinski definition) is 3. The predicted octanol–water partition coefficient (Wildman–Crippen LogP) is 4.39. The van der Waals surface area contributed by atoms with E-state index in [1.165, 1.54) is 0 Å². The van der Waals surface area contributed by atoms with Crippen LogP contribution in [0.5, 0.6) is 5.75 Å². The van der Waals surface area contributed by atoms with Crippen LogP contribution in [0.1, 0.15) is 35.7 Å². The lowest BCUT2D eigenvalue weighted by atomic mass is 10.1. The van der Waals surface area contributed by atoms with Crippen molar-refractivity contribution in [3.05, 3.63) is 64.1 Å². The molecule has 0 aromatic heterocycles. The molecule has 0 aliphatic heterocycles. The van der Waals surface area contributed by atoms with Gasteiger partial charge >= 0.3 is 0 Å². The van der Waals surface area contributed by atoms with Crippen LogP contribution in [-0.4, -0.2) is 18.7 Å². The van der Waals surface area contributed by atoms with Crippen molar-refractivity contribution < 1.29 is 9.53 Å². The number of benzene rings is 2. The number of nitrogens with one attached hydrogen (secondary N) is 1. The molecule has 0 fully saturated rings. The quantitative estimate of drug-likeness (QED) is 0.601. The van der Waals surface area contributed by atoms with E-state index in [1.54, 1.807) is 25.3 Å². The third-order valence-corrected chi connectivity index (χ3v) is 3.92. The van der Waals surface area contributed by atoms with E-state index in [0.29, 0.717) is 11.3 Å². The number of hydrazone groups is 1. The van der Waals surface area contributed by atoms with Crippen molar-refractivity contribution in [2.75, 3.05) is 7.11 Å². The maximum Gasteiger partial charge on any atom is 0.271 e. The summed E-state index contributed by atoms with van der Waals surface area (Å²) in [4.78, 5) is 12.3. The number of halogens is 1. The van der Waals surface area contributed by atoms with Crippen LogP contribution in [0, 0.1) is 0 Å². The fourth-order valence-corrected chi connectivity index (χ4v) is 2.66. The Morgan fingerprint density at radius 1 is 1.17 bits per heavy atom. The molecule has 120 valence electrons. The average Bonchev–Trinajstić information content (AvgIpc) is 2.59. The second kappa shape index (κ2) is 8.48. The molecule has 0 heterocycles. The molecule has 0 saturated heterocycles. The summed E-state index contributed by atoms with van der Waals surface area (Å²) in [5.74, 6) is 0.430. The minimum absolute atomic E-state index is 0.252. The van der Waals surface area contributed by atoms with Crippen LogP contribution < -0.4 is 10.2 Å². The van der Waals surface area contributed by atoms with E-state index in [1.807, 2.05) is 30.3 Å². The number of hydrogen-bond donors (Lipinski definition) is 1. The molecule has 2 rings (SSSR count). The number of amides is 1. The highest BCUT2D eigenvalue weighted by molar-refractivity contribution is 9.10. The highest BCUT2D eigenvalue weighted by atomic mass is 79.9. The first kappa shape index (κ1) is 17.2. The van der Waals surface area contributed by atoms with Crippen molar-refractivity contribution in [1.82, 2.24) is 5.43 Å². The van der Waals surface area contributed by atoms with Gasteiger partial charge in [0, 0.05) is 5.56 Å². The van der Waals surface area contributed by atoms with E-state index in [-0.39, 0.29) is 5.91 Å². The van der Waals surface area contributed by atoms with Crippen molar-refractivity contribution in [2.45, 2.75) is 19.8 Å². The Bertz CT molecular complexity index is 699. The van der Waals surface area contributed by atoms with Crippen LogP contribution in [-0.2, 0) is 0 Å². The first-order valence-electron chi connectivity index (χ1n) is 7.41. The van der Waals surface area contributed by atoms with Gasteiger partial charge in [-0.05, 0) is 46.1 Å². The van der Waals surface area contributed by atoms with Crippen LogP contribution >= 0.6 is 15.9 Å². The maximum atomic E-state index is 12.3. The van der Waals surface area contributed by atoms with Crippen molar-refractivity contribution in [1.29, 1.82) is 0 Å². The molecule has 0 aliphatic carbocycles. The van der Waals surface area contributed by atoms with Gasteiger partial charge in [-0.2, -0.15) is 5.10 Å². The molecule has 2 aromatic rings. The molecule has 0 atom stereocenters. The van der Waals surface area contributed by atoms with E-state index in [2.05, 4.69) is 33.4 Å². The van der Waals surface area contributed by atoms with Crippen LogP contribution in [0.3, 0.4) is 0 Å². The van der Waals surface area contributed by atoms with Gasteiger partial charge in [0.25, 0.3) is 5.91 Å². The molecular weight excluding hydrogens is 356 g/mol. The lowest BCUT2D eigenvalue weighted by Gasteiger charge is -2.08. The highest BCUT2D eigenvalue weighted by Gasteiger charge is 2.09. The normalized spacial score (nSPS) is 11.2.